The predicted octanol–water partition coefficient (Wildman–Crippen LogP) is 3.09. The maximum Gasteiger partial charge on any atom is 0.180 e. The molecule has 0 bridgehead atoms. The molecule has 0 aliphatic rings. The Hall–Kier alpha value is -1.91. The third-order valence-corrected chi connectivity index (χ3v) is 3.10. The number of aryl methyl sites for hydroxylation is 1. The molecule has 0 radical (unpaired) electrons. The van der Waals surface area contributed by atoms with Gasteiger partial charge in [-0.3, -0.25) is 4.68 Å². The first-order valence-corrected chi connectivity index (χ1v) is 7.11. The van der Waals surface area contributed by atoms with E-state index in [1.165, 1.54) is 0 Å². The summed E-state index contributed by atoms with van der Waals surface area (Å²) in [6.07, 6.45) is 1.79. The van der Waals surface area contributed by atoms with Gasteiger partial charge in [-0.15, -0.1) is 0 Å². The summed E-state index contributed by atoms with van der Waals surface area (Å²) in [5, 5.41) is 7.57. The second-order valence-corrected chi connectivity index (χ2v) is 5.77. The van der Waals surface area contributed by atoms with Crippen molar-refractivity contribution in [2.24, 2.45) is 0 Å². The molecule has 0 spiro atoms. The minimum atomic E-state index is -0.0150. The molecule has 0 aliphatic carbocycles. The molecule has 108 valence electrons. The first-order valence-electron chi connectivity index (χ1n) is 7.11. The molecule has 5 nitrogen and oxygen atoms in total. The van der Waals surface area contributed by atoms with E-state index >= 15 is 0 Å². The van der Waals surface area contributed by atoms with E-state index in [0.717, 1.165) is 36.1 Å². The number of rotatable bonds is 4. The van der Waals surface area contributed by atoms with Gasteiger partial charge in [-0.1, -0.05) is 20.8 Å². The Morgan fingerprint density at radius 1 is 1.20 bits per heavy atom. The van der Waals surface area contributed by atoms with E-state index in [2.05, 4.69) is 50.0 Å². The summed E-state index contributed by atoms with van der Waals surface area (Å²) in [4.78, 5) is 9.33. The minimum Gasteiger partial charge on any atom is -0.370 e. The van der Waals surface area contributed by atoms with Gasteiger partial charge in [0.15, 0.2) is 5.82 Å². The molecule has 2 aromatic heterocycles. The summed E-state index contributed by atoms with van der Waals surface area (Å²) in [6, 6.07) is 3.99. The van der Waals surface area contributed by atoms with E-state index in [4.69, 9.17) is 4.98 Å². The second kappa shape index (κ2) is 5.61. The highest BCUT2D eigenvalue weighted by Crippen LogP contribution is 2.25. The Morgan fingerprint density at radius 2 is 1.95 bits per heavy atom. The molecular formula is C15H23N5. The molecule has 0 saturated carbocycles. The number of hydrogen-bond acceptors (Lipinski definition) is 4. The molecule has 0 fully saturated rings. The van der Waals surface area contributed by atoms with Crippen molar-refractivity contribution in [1.82, 2.24) is 19.7 Å². The highest BCUT2D eigenvalue weighted by molar-refractivity contribution is 5.54. The van der Waals surface area contributed by atoms with Crippen LogP contribution in [0.1, 0.15) is 40.3 Å². The van der Waals surface area contributed by atoms with Crippen molar-refractivity contribution < 1.29 is 0 Å². The zero-order valence-corrected chi connectivity index (χ0v) is 12.9. The summed E-state index contributed by atoms with van der Waals surface area (Å²) < 4.78 is 1.91. The summed E-state index contributed by atoms with van der Waals surface area (Å²) in [6.45, 7) is 12.3. The van der Waals surface area contributed by atoms with Gasteiger partial charge in [0.2, 0.25) is 0 Å². The van der Waals surface area contributed by atoms with Crippen molar-refractivity contribution >= 4 is 5.82 Å². The summed E-state index contributed by atoms with van der Waals surface area (Å²) in [7, 11) is 0. The van der Waals surface area contributed by atoms with Crippen LogP contribution in [0.2, 0.25) is 0 Å². The molecule has 5 heteroatoms. The Kier molecular flexibility index (Phi) is 4.06. The zero-order valence-electron chi connectivity index (χ0n) is 12.9. The van der Waals surface area contributed by atoms with Crippen molar-refractivity contribution in [3.8, 4) is 11.5 Å². The summed E-state index contributed by atoms with van der Waals surface area (Å²) in [5.41, 5.74) is 1.97. The Morgan fingerprint density at radius 3 is 2.55 bits per heavy atom. The number of hydrogen-bond donors (Lipinski definition) is 1. The van der Waals surface area contributed by atoms with E-state index in [-0.39, 0.29) is 5.41 Å². The fourth-order valence-corrected chi connectivity index (χ4v) is 1.99. The van der Waals surface area contributed by atoms with Crippen LogP contribution < -0.4 is 5.32 Å². The van der Waals surface area contributed by atoms with Crippen LogP contribution in [0, 0.1) is 0 Å². The number of nitrogens with one attached hydrogen (secondary N) is 1. The molecule has 2 aromatic rings. The van der Waals surface area contributed by atoms with Gasteiger partial charge in [-0.2, -0.15) is 5.10 Å². The van der Waals surface area contributed by atoms with Crippen molar-refractivity contribution in [1.29, 1.82) is 0 Å². The van der Waals surface area contributed by atoms with Gasteiger partial charge < -0.3 is 5.32 Å². The lowest BCUT2D eigenvalue weighted by atomic mass is 9.92. The number of nitrogens with zero attached hydrogens (tertiary/aromatic N) is 4. The van der Waals surface area contributed by atoms with Crippen molar-refractivity contribution in [3.63, 3.8) is 0 Å². The van der Waals surface area contributed by atoms with Crippen LogP contribution in [0.4, 0.5) is 5.82 Å². The number of anilines is 1. The lowest BCUT2D eigenvalue weighted by molar-refractivity contribution is 0.567. The maximum atomic E-state index is 4.73. The van der Waals surface area contributed by atoms with E-state index in [9.17, 15) is 0 Å². The second-order valence-electron chi connectivity index (χ2n) is 5.77. The van der Waals surface area contributed by atoms with Gasteiger partial charge in [-0.05, 0) is 19.9 Å². The molecule has 0 unspecified atom stereocenters. The average Bonchev–Trinajstić information content (AvgIpc) is 2.86. The Balaban J connectivity index is 2.55. The van der Waals surface area contributed by atoms with Crippen LogP contribution in [0.15, 0.2) is 18.3 Å². The lowest BCUT2D eigenvalue weighted by Crippen LogP contribution is -2.16. The molecule has 0 amide bonds. The first-order chi connectivity index (χ1) is 9.45. The molecule has 0 aliphatic heterocycles. The molecule has 2 rings (SSSR count). The standard InChI is InChI=1S/C15H23N5/c1-6-16-13-10-12(15(3,4)5)18-14(19-13)11-8-9-17-20(11)7-2/h8-10H,6-7H2,1-5H3,(H,16,18,19). The van der Waals surface area contributed by atoms with Crippen LogP contribution in [0.5, 0.6) is 0 Å². The molecule has 2 heterocycles. The maximum absolute atomic E-state index is 4.73. The number of aromatic nitrogens is 4. The molecule has 20 heavy (non-hydrogen) atoms. The summed E-state index contributed by atoms with van der Waals surface area (Å²) in [5.74, 6) is 1.60. The van der Waals surface area contributed by atoms with Crippen LogP contribution in [0.3, 0.4) is 0 Å². The SMILES string of the molecule is CCNc1cc(C(C)(C)C)nc(-c2ccnn2CC)n1. The van der Waals surface area contributed by atoms with E-state index in [1.807, 2.05) is 16.8 Å². The van der Waals surface area contributed by atoms with E-state index in [1.54, 1.807) is 6.20 Å². The smallest absolute Gasteiger partial charge is 0.180 e. The zero-order chi connectivity index (χ0) is 14.8. The largest absolute Gasteiger partial charge is 0.370 e. The fourth-order valence-electron chi connectivity index (χ4n) is 1.99. The molecule has 0 saturated heterocycles. The topological polar surface area (TPSA) is 55.6 Å². The highest BCUT2D eigenvalue weighted by atomic mass is 15.3. The van der Waals surface area contributed by atoms with Gasteiger partial charge in [0, 0.05) is 30.8 Å². The quantitative estimate of drug-likeness (QED) is 0.930. The summed E-state index contributed by atoms with van der Waals surface area (Å²) >= 11 is 0. The predicted molar refractivity (Wildman–Crippen MR) is 81.8 cm³/mol. The van der Waals surface area contributed by atoms with Gasteiger partial charge in [0.25, 0.3) is 0 Å². The van der Waals surface area contributed by atoms with Gasteiger partial charge >= 0.3 is 0 Å². The average molecular weight is 273 g/mol. The van der Waals surface area contributed by atoms with Gasteiger partial charge in [-0.25, -0.2) is 9.97 Å². The van der Waals surface area contributed by atoms with E-state index < -0.39 is 0 Å². The van der Waals surface area contributed by atoms with Crippen molar-refractivity contribution in [3.05, 3.63) is 24.0 Å². The molecule has 0 atom stereocenters. The molecule has 1 N–H and O–H groups in total. The third kappa shape index (κ3) is 2.98. The van der Waals surface area contributed by atoms with Gasteiger partial charge in [0.1, 0.15) is 11.5 Å². The first kappa shape index (κ1) is 14.5. The van der Waals surface area contributed by atoms with Crippen LogP contribution in [0.25, 0.3) is 11.5 Å². The van der Waals surface area contributed by atoms with E-state index in [0.29, 0.717) is 0 Å². The van der Waals surface area contributed by atoms with Gasteiger partial charge in [0.05, 0.1) is 5.69 Å². The normalized spacial score (nSPS) is 11.7. The Labute approximate surface area is 120 Å². The molecule has 0 aromatic carbocycles. The third-order valence-electron chi connectivity index (χ3n) is 3.10. The van der Waals surface area contributed by atoms with Crippen LogP contribution in [-0.4, -0.2) is 26.3 Å². The molecular weight excluding hydrogens is 250 g/mol. The minimum absolute atomic E-state index is 0.0150. The fraction of sp³-hybridized carbons (Fsp3) is 0.533. The Bertz CT molecular complexity index is 580. The van der Waals surface area contributed by atoms with Crippen LogP contribution >= 0.6 is 0 Å². The highest BCUT2D eigenvalue weighted by Gasteiger charge is 2.19. The van der Waals surface area contributed by atoms with Crippen LogP contribution in [-0.2, 0) is 12.0 Å². The van der Waals surface area contributed by atoms with Crippen molar-refractivity contribution in [2.75, 3.05) is 11.9 Å². The van der Waals surface area contributed by atoms with Crippen molar-refractivity contribution in [2.45, 2.75) is 46.6 Å². The monoisotopic (exact) mass is 273 g/mol. The lowest BCUT2D eigenvalue weighted by Gasteiger charge is -2.19.